The summed E-state index contributed by atoms with van der Waals surface area (Å²) in [5.41, 5.74) is 2.08. The molecule has 0 radical (unpaired) electrons. The fourth-order valence-electron chi connectivity index (χ4n) is 4.86. The monoisotopic (exact) mass is 326 g/mol. The molecule has 2 bridgehead atoms. The third kappa shape index (κ3) is 2.05. The quantitative estimate of drug-likeness (QED) is 0.797. The number of amides is 1. The normalized spacial score (nSPS) is 31.7. The van der Waals surface area contributed by atoms with Crippen LogP contribution in [0.15, 0.2) is 12.3 Å². The first-order valence-electron chi connectivity index (χ1n) is 7.84. The number of alkyl halides is 3. The third-order valence-corrected chi connectivity index (χ3v) is 5.63. The molecule has 1 aromatic rings. The van der Waals surface area contributed by atoms with Crippen LogP contribution < -0.4 is 4.74 Å². The number of aromatic nitrogens is 1. The van der Waals surface area contributed by atoms with Crippen molar-refractivity contribution in [1.29, 1.82) is 0 Å². The Morgan fingerprint density at radius 2 is 2.04 bits per heavy atom. The SMILES string of the molecule is COc1cc2c(cn1)[C@H]1[C@@H](CC2)[C@@H]2CC[C@H]1N2C(=O)C(F)(F)F. The second kappa shape index (κ2) is 4.85. The number of halogens is 3. The molecule has 1 aliphatic carbocycles. The predicted octanol–water partition coefficient (Wildman–Crippen LogP) is 2.67. The van der Waals surface area contributed by atoms with Crippen molar-refractivity contribution in [2.75, 3.05) is 7.11 Å². The smallest absolute Gasteiger partial charge is 0.471 e. The Morgan fingerprint density at radius 3 is 2.74 bits per heavy atom. The van der Waals surface area contributed by atoms with Crippen molar-refractivity contribution in [3.8, 4) is 5.88 Å². The van der Waals surface area contributed by atoms with Gasteiger partial charge in [-0.05, 0) is 42.7 Å². The highest BCUT2D eigenvalue weighted by atomic mass is 19.4. The number of fused-ring (bicyclic) bond motifs is 7. The van der Waals surface area contributed by atoms with Gasteiger partial charge in [0.25, 0.3) is 0 Å². The minimum Gasteiger partial charge on any atom is -0.481 e. The molecule has 1 aromatic heterocycles. The number of pyridine rings is 1. The highest BCUT2D eigenvalue weighted by Gasteiger charge is 2.60. The summed E-state index contributed by atoms with van der Waals surface area (Å²) in [5, 5.41) is 0. The van der Waals surface area contributed by atoms with E-state index in [4.69, 9.17) is 4.74 Å². The van der Waals surface area contributed by atoms with Crippen LogP contribution in [0.25, 0.3) is 0 Å². The zero-order chi connectivity index (χ0) is 16.4. The molecule has 1 amide bonds. The second-order valence-electron chi connectivity index (χ2n) is 6.58. The molecule has 2 aliphatic heterocycles. The van der Waals surface area contributed by atoms with Crippen LogP contribution in [-0.2, 0) is 11.2 Å². The van der Waals surface area contributed by atoms with E-state index in [1.54, 1.807) is 13.3 Å². The van der Waals surface area contributed by atoms with Crippen LogP contribution in [0.2, 0.25) is 0 Å². The Bertz CT molecular complexity index is 661. The van der Waals surface area contributed by atoms with Gasteiger partial charge in [0.2, 0.25) is 5.88 Å². The van der Waals surface area contributed by atoms with Crippen LogP contribution in [0.1, 0.15) is 36.3 Å². The van der Waals surface area contributed by atoms with E-state index in [-0.39, 0.29) is 23.9 Å². The van der Waals surface area contributed by atoms with Gasteiger partial charge in [-0.3, -0.25) is 4.79 Å². The zero-order valence-corrected chi connectivity index (χ0v) is 12.6. The van der Waals surface area contributed by atoms with E-state index in [9.17, 15) is 18.0 Å². The summed E-state index contributed by atoms with van der Waals surface area (Å²) in [5.74, 6) is -1.07. The van der Waals surface area contributed by atoms with Crippen LogP contribution in [-0.4, -0.2) is 41.2 Å². The van der Waals surface area contributed by atoms with E-state index in [2.05, 4.69) is 4.98 Å². The maximum atomic E-state index is 12.9. The highest BCUT2D eigenvalue weighted by molar-refractivity contribution is 5.83. The molecule has 0 N–H and O–H groups in total. The number of hydrogen-bond donors (Lipinski definition) is 0. The predicted molar refractivity (Wildman–Crippen MR) is 75.1 cm³/mol. The van der Waals surface area contributed by atoms with Crippen molar-refractivity contribution in [3.05, 3.63) is 23.4 Å². The number of aryl methyl sites for hydroxylation is 1. The number of nitrogens with zero attached hydrogens (tertiary/aromatic N) is 2. The molecular weight excluding hydrogens is 309 g/mol. The van der Waals surface area contributed by atoms with E-state index in [0.29, 0.717) is 18.7 Å². The molecular formula is C16H17F3N2O2. The molecule has 0 aromatic carbocycles. The first-order valence-corrected chi connectivity index (χ1v) is 7.84. The molecule has 2 saturated heterocycles. The van der Waals surface area contributed by atoms with E-state index >= 15 is 0 Å². The lowest BCUT2D eigenvalue weighted by Crippen LogP contribution is -2.44. The summed E-state index contributed by atoms with van der Waals surface area (Å²) in [6, 6.07) is 1.23. The lowest BCUT2D eigenvalue weighted by Gasteiger charge is -2.34. The standard InChI is InChI=1S/C16H17F3N2O2/c1-23-13-6-8-2-3-9-11-4-5-12(14(9)10(8)7-20-13)21(11)15(22)16(17,18)19/h6-7,9,11-12,14H,2-5H2,1H3/t9-,11-,12+,14+/m0/s1. The molecule has 23 heavy (non-hydrogen) atoms. The molecule has 0 unspecified atom stereocenters. The highest BCUT2D eigenvalue weighted by Crippen LogP contribution is 2.55. The maximum absolute atomic E-state index is 12.9. The number of carbonyl (C=O) groups excluding carboxylic acids is 1. The molecule has 124 valence electrons. The van der Waals surface area contributed by atoms with Gasteiger partial charge in [0.1, 0.15) is 0 Å². The van der Waals surface area contributed by atoms with Gasteiger partial charge in [-0.25, -0.2) is 4.98 Å². The molecule has 4 rings (SSSR count). The van der Waals surface area contributed by atoms with Crippen molar-refractivity contribution < 1.29 is 22.7 Å². The average molecular weight is 326 g/mol. The van der Waals surface area contributed by atoms with Gasteiger partial charge in [-0.15, -0.1) is 0 Å². The summed E-state index contributed by atoms with van der Waals surface area (Å²) < 4.78 is 43.9. The molecule has 3 heterocycles. The molecule has 4 nitrogen and oxygen atoms in total. The topological polar surface area (TPSA) is 42.4 Å². The second-order valence-corrected chi connectivity index (χ2v) is 6.58. The summed E-state index contributed by atoms with van der Waals surface area (Å²) in [7, 11) is 1.54. The van der Waals surface area contributed by atoms with Gasteiger partial charge in [0.05, 0.1) is 7.11 Å². The maximum Gasteiger partial charge on any atom is 0.471 e. The Labute approximate surface area is 131 Å². The Hall–Kier alpha value is -1.79. The van der Waals surface area contributed by atoms with E-state index in [1.807, 2.05) is 6.07 Å². The minimum atomic E-state index is -4.80. The number of carbonyl (C=O) groups is 1. The van der Waals surface area contributed by atoms with Crippen molar-refractivity contribution in [3.63, 3.8) is 0 Å². The van der Waals surface area contributed by atoms with Crippen molar-refractivity contribution >= 4 is 5.91 Å². The third-order valence-electron chi connectivity index (χ3n) is 5.63. The van der Waals surface area contributed by atoms with Gasteiger partial charge in [0.15, 0.2) is 0 Å². The van der Waals surface area contributed by atoms with E-state index < -0.39 is 12.1 Å². The van der Waals surface area contributed by atoms with E-state index in [1.165, 1.54) is 0 Å². The van der Waals surface area contributed by atoms with Crippen LogP contribution in [0.4, 0.5) is 13.2 Å². The first-order chi connectivity index (χ1) is 10.9. The van der Waals surface area contributed by atoms with Crippen LogP contribution in [0.5, 0.6) is 5.88 Å². The summed E-state index contributed by atoms with van der Waals surface area (Å²) in [6.45, 7) is 0. The molecule has 4 atom stereocenters. The van der Waals surface area contributed by atoms with Crippen molar-refractivity contribution in [2.24, 2.45) is 5.92 Å². The Morgan fingerprint density at radius 1 is 1.30 bits per heavy atom. The molecule has 3 aliphatic rings. The van der Waals surface area contributed by atoms with Gasteiger partial charge in [-0.1, -0.05) is 0 Å². The van der Waals surface area contributed by atoms with Gasteiger partial charge in [0, 0.05) is 30.3 Å². The largest absolute Gasteiger partial charge is 0.481 e. The Balaban J connectivity index is 1.72. The zero-order valence-electron chi connectivity index (χ0n) is 12.6. The van der Waals surface area contributed by atoms with Crippen LogP contribution in [0, 0.1) is 5.92 Å². The van der Waals surface area contributed by atoms with Gasteiger partial charge in [-0.2, -0.15) is 13.2 Å². The lowest BCUT2D eigenvalue weighted by atomic mass is 9.69. The Kier molecular flexibility index (Phi) is 3.12. The van der Waals surface area contributed by atoms with Crippen LogP contribution >= 0.6 is 0 Å². The summed E-state index contributed by atoms with van der Waals surface area (Å²) >= 11 is 0. The molecule has 2 fully saturated rings. The van der Waals surface area contributed by atoms with Crippen LogP contribution in [0.3, 0.4) is 0 Å². The molecule has 0 saturated carbocycles. The van der Waals surface area contributed by atoms with Crippen molar-refractivity contribution in [2.45, 2.75) is 49.9 Å². The fraction of sp³-hybridized carbons (Fsp3) is 0.625. The lowest BCUT2D eigenvalue weighted by molar-refractivity contribution is -0.187. The van der Waals surface area contributed by atoms with Crippen molar-refractivity contribution in [1.82, 2.24) is 9.88 Å². The number of methoxy groups -OCH3 is 1. The van der Waals surface area contributed by atoms with E-state index in [0.717, 1.165) is 28.9 Å². The number of hydrogen-bond acceptors (Lipinski definition) is 3. The summed E-state index contributed by atoms with van der Waals surface area (Å²) in [4.78, 5) is 17.2. The summed E-state index contributed by atoms with van der Waals surface area (Å²) in [6.07, 6.45) is -0.150. The van der Waals surface area contributed by atoms with Gasteiger partial charge < -0.3 is 9.64 Å². The first kappa shape index (κ1) is 14.8. The minimum absolute atomic E-state index is 0.0257. The fourth-order valence-corrected chi connectivity index (χ4v) is 4.86. The average Bonchev–Trinajstić information content (AvgIpc) is 3.08. The number of rotatable bonds is 1. The molecule has 0 spiro atoms. The van der Waals surface area contributed by atoms with Gasteiger partial charge >= 0.3 is 12.1 Å². The molecule has 7 heteroatoms. The number of ether oxygens (including phenoxy) is 1.